The van der Waals surface area contributed by atoms with Crippen LogP contribution in [0.5, 0.6) is 0 Å². The summed E-state index contributed by atoms with van der Waals surface area (Å²) in [7, 11) is 0. The van der Waals surface area contributed by atoms with Gasteiger partial charge in [0.25, 0.3) is 0 Å². The van der Waals surface area contributed by atoms with E-state index < -0.39 is 5.97 Å². The number of nitrogens with zero attached hydrogens (tertiary/aromatic N) is 1. The second-order valence-electron chi connectivity index (χ2n) is 5.45. The van der Waals surface area contributed by atoms with Gasteiger partial charge in [-0.3, -0.25) is 4.79 Å². The van der Waals surface area contributed by atoms with Crippen LogP contribution in [0.15, 0.2) is 0 Å². The number of nitrogens with one attached hydrogen (secondary N) is 1. The smallest absolute Gasteiger partial charge is 0.317 e. The van der Waals surface area contributed by atoms with Crippen LogP contribution in [0.25, 0.3) is 0 Å². The van der Waals surface area contributed by atoms with Crippen molar-refractivity contribution in [3.05, 3.63) is 0 Å². The van der Waals surface area contributed by atoms with Crippen molar-refractivity contribution in [3.8, 4) is 0 Å². The highest BCUT2D eigenvalue weighted by Crippen LogP contribution is 2.19. The van der Waals surface area contributed by atoms with Crippen LogP contribution < -0.4 is 5.32 Å². The zero-order valence-electron chi connectivity index (χ0n) is 12.0. The molecule has 0 radical (unpaired) electrons. The average molecular weight is 270 g/mol. The summed E-state index contributed by atoms with van der Waals surface area (Å²) in [6, 6.07) is -0.00229. The summed E-state index contributed by atoms with van der Waals surface area (Å²) in [5.74, 6) is -0.342. The van der Waals surface area contributed by atoms with Crippen molar-refractivity contribution < 1.29 is 14.7 Å². The topological polar surface area (TPSA) is 69.6 Å². The Kier molecular flexibility index (Phi) is 6.67. The minimum absolute atomic E-state index is 0.00229. The van der Waals surface area contributed by atoms with Crippen LogP contribution in [-0.2, 0) is 4.79 Å². The van der Waals surface area contributed by atoms with E-state index in [4.69, 9.17) is 5.11 Å². The SMILES string of the molecule is CCC1CCN(C(=O)NCCCC(C)C(=O)O)CC1. The summed E-state index contributed by atoms with van der Waals surface area (Å²) in [6.07, 6.45) is 4.71. The van der Waals surface area contributed by atoms with Crippen LogP contribution in [0.3, 0.4) is 0 Å². The lowest BCUT2D eigenvalue weighted by Gasteiger charge is -2.31. The van der Waals surface area contributed by atoms with Crippen molar-refractivity contribution in [1.82, 2.24) is 10.2 Å². The molecule has 0 bridgehead atoms. The van der Waals surface area contributed by atoms with Crippen LogP contribution in [-0.4, -0.2) is 41.6 Å². The van der Waals surface area contributed by atoms with Crippen LogP contribution in [0.4, 0.5) is 4.79 Å². The predicted molar refractivity (Wildman–Crippen MR) is 74.0 cm³/mol. The number of carbonyl (C=O) groups is 2. The lowest BCUT2D eigenvalue weighted by molar-refractivity contribution is -0.141. The maximum absolute atomic E-state index is 11.9. The van der Waals surface area contributed by atoms with E-state index in [-0.39, 0.29) is 11.9 Å². The second kappa shape index (κ2) is 8.02. The number of rotatable bonds is 6. The van der Waals surface area contributed by atoms with Crippen molar-refractivity contribution in [1.29, 1.82) is 0 Å². The highest BCUT2D eigenvalue weighted by molar-refractivity contribution is 5.74. The first-order chi connectivity index (χ1) is 9.04. The third kappa shape index (κ3) is 5.49. The lowest BCUT2D eigenvalue weighted by Crippen LogP contribution is -2.44. The average Bonchev–Trinajstić information content (AvgIpc) is 2.43. The number of carboxylic acid groups (broad SMARTS) is 1. The molecule has 1 rings (SSSR count). The van der Waals surface area contributed by atoms with E-state index in [2.05, 4.69) is 12.2 Å². The Balaban J connectivity index is 2.13. The van der Waals surface area contributed by atoms with Gasteiger partial charge in [0.1, 0.15) is 0 Å². The van der Waals surface area contributed by atoms with Gasteiger partial charge in [-0.2, -0.15) is 0 Å². The molecule has 0 aliphatic carbocycles. The van der Waals surface area contributed by atoms with Crippen LogP contribution in [0.1, 0.15) is 46.0 Å². The monoisotopic (exact) mass is 270 g/mol. The Labute approximate surface area is 115 Å². The molecule has 0 aromatic heterocycles. The van der Waals surface area contributed by atoms with Gasteiger partial charge in [-0.05, 0) is 31.6 Å². The second-order valence-corrected chi connectivity index (χ2v) is 5.45. The van der Waals surface area contributed by atoms with Crippen LogP contribution >= 0.6 is 0 Å². The number of carboxylic acids is 1. The zero-order chi connectivity index (χ0) is 14.3. The standard InChI is InChI=1S/C14H26N2O3/c1-3-12-6-9-16(10-7-12)14(19)15-8-4-5-11(2)13(17)18/h11-12H,3-10H2,1-2H3,(H,15,19)(H,17,18). The molecule has 0 spiro atoms. The van der Waals surface area contributed by atoms with Crippen molar-refractivity contribution >= 4 is 12.0 Å². The van der Waals surface area contributed by atoms with E-state index in [0.717, 1.165) is 31.8 Å². The number of carbonyl (C=O) groups excluding carboxylic acids is 1. The molecule has 2 amide bonds. The van der Waals surface area contributed by atoms with Gasteiger partial charge in [0.15, 0.2) is 0 Å². The van der Waals surface area contributed by atoms with Crippen molar-refractivity contribution in [3.63, 3.8) is 0 Å². The Bertz CT molecular complexity index is 299. The van der Waals surface area contributed by atoms with Gasteiger partial charge in [-0.15, -0.1) is 0 Å². The number of likely N-dealkylation sites (tertiary alicyclic amines) is 1. The molecular formula is C14H26N2O3. The van der Waals surface area contributed by atoms with Crippen molar-refractivity contribution in [2.45, 2.75) is 46.0 Å². The van der Waals surface area contributed by atoms with Gasteiger partial charge in [-0.25, -0.2) is 4.79 Å². The molecule has 5 heteroatoms. The molecule has 19 heavy (non-hydrogen) atoms. The van der Waals surface area contributed by atoms with Crippen LogP contribution in [0, 0.1) is 11.8 Å². The molecule has 1 atom stereocenters. The molecule has 2 N–H and O–H groups in total. The summed E-state index contributed by atoms with van der Waals surface area (Å²) >= 11 is 0. The fourth-order valence-corrected chi connectivity index (χ4v) is 2.38. The van der Waals surface area contributed by atoms with Gasteiger partial charge < -0.3 is 15.3 Å². The Hall–Kier alpha value is -1.26. The summed E-state index contributed by atoms with van der Waals surface area (Å²) in [4.78, 5) is 24.4. The molecule has 0 aromatic rings. The van der Waals surface area contributed by atoms with Gasteiger partial charge in [0, 0.05) is 19.6 Å². The fraction of sp³-hybridized carbons (Fsp3) is 0.857. The highest BCUT2D eigenvalue weighted by Gasteiger charge is 2.21. The first-order valence-corrected chi connectivity index (χ1v) is 7.30. The number of hydrogen-bond acceptors (Lipinski definition) is 2. The number of amides is 2. The molecule has 1 aliphatic rings. The zero-order valence-corrected chi connectivity index (χ0v) is 12.0. The predicted octanol–water partition coefficient (Wildman–Crippen LogP) is 2.32. The third-order valence-corrected chi connectivity index (χ3v) is 3.99. The molecule has 1 aliphatic heterocycles. The van der Waals surface area contributed by atoms with E-state index in [1.807, 2.05) is 4.90 Å². The van der Waals surface area contributed by atoms with Gasteiger partial charge in [0.2, 0.25) is 0 Å². The van der Waals surface area contributed by atoms with Gasteiger partial charge >= 0.3 is 12.0 Å². The Morgan fingerprint density at radius 1 is 1.37 bits per heavy atom. The van der Waals surface area contributed by atoms with E-state index >= 15 is 0 Å². The molecule has 1 unspecified atom stereocenters. The van der Waals surface area contributed by atoms with E-state index in [0.29, 0.717) is 19.4 Å². The molecule has 0 aromatic carbocycles. The molecule has 1 saturated heterocycles. The normalized spacial score (nSPS) is 18.1. The lowest BCUT2D eigenvalue weighted by atomic mass is 9.95. The van der Waals surface area contributed by atoms with Crippen molar-refractivity contribution in [2.75, 3.05) is 19.6 Å². The highest BCUT2D eigenvalue weighted by atomic mass is 16.4. The molecule has 1 fully saturated rings. The van der Waals surface area contributed by atoms with Gasteiger partial charge in [0.05, 0.1) is 5.92 Å². The number of urea groups is 1. The molecule has 0 saturated carbocycles. The quantitative estimate of drug-likeness (QED) is 0.728. The Morgan fingerprint density at radius 3 is 2.53 bits per heavy atom. The minimum Gasteiger partial charge on any atom is -0.481 e. The molecule has 110 valence electrons. The summed E-state index contributed by atoms with van der Waals surface area (Å²) in [5, 5.41) is 11.6. The Morgan fingerprint density at radius 2 is 2.00 bits per heavy atom. The first-order valence-electron chi connectivity index (χ1n) is 7.30. The summed E-state index contributed by atoms with van der Waals surface area (Å²) in [5.41, 5.74) is 0. The van der Waals surface area contributed by atoms with Gasteiger partial charge in [-0.1, -0.05) is 20.3 Å². The maximum atomic E-state index is 11.9. The van der Waals surface area contributed by atoms with E-state index in [1.165, 1.54) is 6.42 Å². The van der Waals surface area contributed by atoms with E-state index in [9.17, 15) is 9.59 Å². The molecular weight excluding hydrogens is 244 g/mol. The fourth-order valence-electron chi connectivity index (χ4n) is 2.38. The summed E-state index contributed by atoms with van der Waals surface area (Å²) in [6.45, 7) is 6.14. The third-order valence-electron chi connectivity index (χ3n) is 3.99. The number of piperidine rings is 1. The number of hydrogen-bond donors (Lipinski definition) is 2. The number of aliphatic carboxylic acids is 1. The largest absolute Gasteiger partial charge is 0.481 e. The maximum Gasteiger partial charge on any atom is 0.317 e. The van der Waals surface area contributed by atoms with Crippen LogP contribution in [0.2, 0.25) is 0 Å². The summed E-state index contributed by atoms with van der Waals surface area (Å²) < 4.78 is 0. The first kappa shape index (κ1) is 15.8. The van der Waals surface area contributed by atoms with E-state index in [1.54, 1.807) is 6.92 Å². The molecule has 1 heterocycles. The van der Waals surface area contributed by atoms with Crippen molar-refractivity contribution in [2.24, 2.45) is 11.8 Å². The molecule has 5 nitrogen and oxygen atoms in total. The minimum atomic E-state index is -0.770.